The summed E-state index contributed by atoms with van der Waals surface area (Å²) in [5.74, 6) is 0. The highest BCUT2D eigenvalue weighted by molar-refractivity contribution is 5.97. The summed E-state index contributed by atoms with van der Waals surface area (Å²) in [6.45, 7) is 4.71. The third kappa shape index (κ3) is 6.28. The lowest BCUT2D eigenvalue weighted by molar-refractivity contribution is 0.660. The maximum Gasteiger partial charge on any atom is 0.0754 e. The van der Waals surface area contributed by atoms with Gasteiger partial charge in [-0.15, -0.1) is 0 Å². The molecule has 0 saturated carbocycles. The zero-order valence-electron chi connectivity index (χ0n) is 40.3. The van der Waals surface area contributed by atoms with Crippen molar-refractivity contribution in [2.45, 2.75) is 24.7 Å². The van der Waals surface area contributed by atoms with E-state index in [4.69, 9.17) is 0 Å². The second-order valence-electron chi connectivity index (χ2n) is 20.0. The van der Waals surface area contributed by atoms with Crippen LogP contribution < -0.4 is 9.80 Å². The van der Waals surface area contributed by atoms with Crippen molar-refractivity contribution in [2.24, 2.45) is 0 Å². The smallest absolute Gasteiger partial charge is 0.0754 e. The molecular weight excluding hydrogens is 869 g/mol. The SMILES string of the molecule is CC1(C)c2ccccc2-c2ccc(-c3ccc(N(c4ccc(-c5ccc6c(c5)C5(c7ccccc7-6)c6ccccc6N(c6ccccc6)c6ccccc65)cc4)c4cccc(-c5ccccc5)c4)cc3)cc21. The van der Waals surface area contributed by atoms with E-state index >= 15 is 0 Å². The van der Waals surface area contributed by atoms with Crippen molar-refractivity contribution >= 4 is 34.1 Å². The summed E-state index contributed by atoms with van der Waals surface area (Å²) in [6.07, 6.45) is 0. The molecule has 1 aliphatic heterocycles. The zero-order valence-corrected chi connectivity index (χ0v) is 40.3. The Bertz CT molecular complexity index is 3840. The van der Waals surface area contributed by atoms with Gasteiger partial charge in [0.05, 0.1) is 16.8 Å². The van der Waals surface area contributed by atoms with Crippen molar-refractivity contribution in [3.8, 4) is 55.6 Å². The molecule has 0 aromatic heterocycles. The molecule has 0 saturated heterocycles. The number of para-hydroxylation sites is 3. The molecule has 1 heterocycles. The number of fused-ring (bicyclic) bond motifs is 12. The average molecular weight is 919 g/mol. The van der Waals surface area contributed by atoms with Crippen molar-refractivity contribution in [3.63, 3.8) is 0 Å². The first kappa shape index (κ1) is 41.9. The van der Waals surface area contributed by atoms with Gasteiger partial charge in [0.15, 0.2) is 0 Å². The second-order valence-corrected chi connectivity index (χ2v) is 20.0. The number of hydrogen-bond acceptors (Lipinski definition) is 2. The van der Waals surface area contributed by atoms with Gasteiger partial charge in [-0.2, -0.15) is 0 Å². The molecule has 0 atom stereocenters. The molecule has 1 spiro atoms. The average Bonchev–Trinajstić information content (AvgIpc) is 3.86. The first-order chi connectivity index (χ1) is 35.5. The van der Waals surface area contributed by atoms with Gasteiger partial charge in [-0.25, -0.2) is 0 Å². The van der Waals surface area contributed by atoms with Gasteiger partial charge in [0.1, 0.15) is 0 Å². The fourth-order valence-corrected chi connectivity index (χ4v) is 12.5. The fraction of sp³-hybridized carbons (Fsp3) is 0.0571. The lowest BCUT2D eigenvalue weighted by Crippen LogP contribution is -2.36. The topological polar surface area (TPSA) is 6.48 Å². The van der Waals surface area contributed by atoms with Gasteiger partial charge in [0, 0.05) is 28.2 Å². The van der Waals surface area contributed by atoms with Gasteiger partial charge < -0.3 is 9.80 Å². The summed E-state index contributed by atoms with van der Waals surface area (Å²) < 4.78 is 0. The van der Waals surface area contributed by atoms with Crippen molar-refractivity contribution < 1.29 is 0 Å². The summed E-state index contributed by atoms with van der Waals surface area (Å²) in [5.41, 5.74) is 26.7. The van der Waals surface area contributed by atoms with Crippen LogP contribution in [-0.4, -0.2) is 0 Å². The van der Waals surface area contributed by atoms with E-state index in [1.807, 2.05) is 0 Å². The van der Waals surface area contributed by atoms with E-state index in [0.717, 1.165) is 22.7 Å². The van der Waals surface area contributed by atoms with E-state index in [9.17, 15) is 0 Å². The largest absolute Gasteiger partial charge is 0.310 e. The summed E-state index contributed by atoms with van der Waals surface area (Å²) in [4.78, 5) is 4.84. The van der Waals surface area contributed by atoms with E-state index < -0.39 is 5.41 Å². The highest BCUT2D eigenvalue weighted by Crippen LogP contribution is 2.63. The molecule has 0 N–H and O–H groups in total. The predicted octanol–water partition coefficient (Wildman–Crippen LogP) is 18.6. The molecule has 340 valence electrons. The lowest BCUT2D eigenvalue weighted by atomic mass is 9.64. The van der Waals surface area contributed by atoms with E-state index in [1.165, 1.54) is 100 Å². The highest BCUT2D eigenvalue weighted by Gasteiger charge is 2.51. The van der Waals surface area contributed by atoms with Gasteiger partial charge >= 0.3 is 0 Å². The molecule has 0 fully saturated rings. The maximum absolute atomic E-state index is 2.48. The summed E-state index contributed by atoms with van der Waals surface area (Å²) in [7, 11) is 0. The highest BCUT2D eigenvalue weighted by atomic mass is 15.2. The Labute approximate surface area is 422 Å². The molecule has 2 heteroatoms. The Morgan fingerprint density at radius 1 is 0.278 bits per heavy atom. The van der Waals surface area contributed by atoms with Crippen LogP contribution in [0.5, 0.6) is 0 Å². The second kappa shape index (κ2) is 16.3. The number of rotatable bonds is 7. The molecular formula is C70H50N2. The summed E-state index contributed by atoms with van der Waals surface area (Å²) in [6, 6.07) is 98.9. The minimum Gasteiger partial charge on any atom is -0.310 e. The standard InChI is InChI=1S/C70H50N2/c1-69(2)61-26-11-9-24-57(61)59-42-36-51(45-65(59)69)48-32-38-54(39-33-48)71(56-23-17-20-50(44-56)47-18-5-3-6-19-47)55-40-34-49(35-41-55)52-37-43-60-58-25-10-12-27-62(58)70(66(60)46-52)63-28-13-15-30-67(63)72(53-21-7-4-8-22-53)68-31-16-14-29-64(68)70/h3-46H,1-2H3. The van der Waals surface area contributed by atoms with Crippen LogP contribution in [0.4, 0.5) is 34.1 Å². The third-order valence-corrected chi connectivity index (χ3v) is 15.9. The summed E-state index contributed by atoms with van der Waals surface area (Å²) in [5, 5.41) is 0. The maximum atomic E-state index is 2.48. The fourth-order valence-electron chi connectivity index (χ4n) is 12.5. The van der Waals surface area contributed by atoms with Crippen LogP contribution in [0, 0.1) is 0 Å². The molecule has 0 unspecified atom stereocenters. The normalized spacial score (nSPS) is 13.9. The first-order valence-corrected chi connectivity index (χ1v) is 25.2. The van der Waals surface area contributed by atoms with Gasteiger partial charge in [-0.1, -0.05) is 208 Å². The van der Waals surface area contributed by atoms with Crippen molar-refractivity contribution in [3.05, 3.63) is 300 Å². The number of benzene rings is 11. The van der Waals surface area contributed by atoms with Crippen molar-refractivity contribution in [1.82, 2.24) is 0 Å². The lowest BCUT2D eigenvalue weighted by Gasteiger charge is -2.45. The Morgan fingerprint density at radius 2 is 0.694 bits per heavy atom. The predicted molar refractivity (Wildman–Crippen MR) is 301 cm³/mol. The molecule has 11 aromatic rings. The van der Waals surface area contributed by atoms with E-state index in [2.05, 4.69) is 291 Å². The summed E-state index contributed by atoms with van der Waals surface area (Å²) >= 11 is 0. The first-order valence-electron chi connectivity index (χ1n) is 25.2. The van der Waals surface area contributed by atoms with Crippen LogP contribution in [0.2, 0.25) is 0 Å². The van der Waals surface area contributed by atoms with Crippen LogP contribution in [0.15, 0.2) is 267 Å². The van der Waals surface area contributed by atoms with Gasteiger partial charge in [0.2, 0.25) is 0 Å². The molecule has 0 radical (unpaired) electrons. The van der Waals surface area contributed by atoms with Gasteiger partial charge in [-0.05, 0) is 162 Å². The van der Waals surface area contributed by atoms with Crippen LogP contribution in [-0.2, 0) is 10.8 Å². The minimum absolute atomic E-state index is 0.0575. The molecule has 11 aromatic carbocycles. The third-order valence-electron chi connectivity index (χ3n) is 15.9. The minimum atomic E-state index is -0.520. The van der Waals surface area contributed by atoms with Gasteiger partial charge in [-0.3, -0.25) is 0 Å². The quantitative estimate of drug-likeness (QED) is 0.157. The number of hydrogen-bond donors (Lipinski definition) is 0. The van der Waals surface area contributed by atoms with E-state index in [1.54, 1.807) is 0 Å². The molecule has 3 aliphatic rings. The Hall–Kier alpha value is -8.98. The zero-order chi connectivity index (χ0) is 48.0. The molecule has 2 nitrogen and oxygen atoms in total. The number of nitrogens with zero attached hydrogens (tertiary/aromatic N) is 2. The van der Waals surface area contributed by atoms with Crippen LogP contribution >= 0.6 is 0 Å². The van der Waals surface area contributed by atoms with Crippen molar-refractivity contribution in [1.29, 1.82) is 0 Å². The molecule has 72 heavy (non-hydrogen) atoms. The Balaban J connectivity index is 0.871. The monoisotopic (exact) mass is 918 g/mol. The Kier molecular flexibility index (Phi) is 9.50. The molecule has 2 aliphatic carbocycles. The Morgan fingerprint density at radius 3 is 1.31 bits per heavy atom. The van der Waals surface area contributed by atoms with E-state index in [-0.39, 0.29) is 5.41 Å². The van der Waals surface area contributed by atoms with Crippen molar-refractivity contribution in [2.75, 3.05) is 9.80 Å². The van der Waals surface area contributed by atoms with Crippen LogP contribution in [0.25, 0.3) is 55.6 Å². The van der Waals surface area contributed by atoms with Gasteiger partial charge in [0.25, 0.3) is 0 Å². The molecule has 0 amide bonds. The molecule has 14 rings (SSSR count). The van der Waals surface area contributed by atoms with Crippen LogP contribution in [0.1, 0.15) is 47.2 Å². The van der Waals surface area contributed by atoms with Crippen LogP contribution in [0.3, 0.4) is 0 Å². The molecule has 0 bridgehead atoms. The van der Waals surface area contributed by atoms with E-state index in [0.29, 0.717) is 0 Å². The number of anilines is 6.